The van der Waals surface area contributed by atoms with E-state index in [-0.39, 0.29) is 43.9 Å². The van der Waals surface area contributed by atoms with Crippen molar-refractivity contribution >= 4 is 27.6 Å². The van der Waals surface area contributed by atoms with Crippen LogP contribution in [0.2, 0.25) is 0 Å². The lowest BCUT2D eigenvalue weighted by Crippen LogP contribution is -2.40. The number of carbonyl (C=O) groups is 2. The minimum Gasteiger partial charge on any atom is -0.497 e. The fourth-order valence-electron chi connectivity index (χ4n) is 4.91. The van der Waals surface area contributed by atoms with Crippen molar-refractivity contribution in [2.45, 2.75) is 44.2 Å². The summed E-state index contributed by atoms with van der Waals surface area (Å²) in [6.07, 6.45) is 3.12. The van der Waals surface area contributed by atoms with Gasteiger partial charge in [-0.3, -0.25) is 13.9 Å². The minimum atomic E-state index is -5.61. The standard InChI is InChI=1S/C28H33F3N2O7S/c1-4-7-19(15-27(35)36)14-26(34)32(17-21-10-11-22(39-2)16-25(21)40-3)13-12-20-18-33(41(37,38)28(29,30)31)24-9-6-5-8-23(20)24/h4-11,16,19-20H,12-15,17-18H2,1-3H3,(H,35,36)/b7-4-/t19-,20?/m0/s1. The summed E-state index contributed by atoms with van der Waals surface area (Å²) in [4.78, 5) is 26.4. The first-order chi connectivity index (χ1) is 19.3. The Morgan fingerprint density at radius 3 is 2.46 bits per heavy atom. The summed E-state index contributed by atoms with van der Waals surface area (Å²) in [5.74, 6) is -1.61. The molecule has 0 aromatic heterocycles. The van der Waals surface area contributed by atoms with E-state index < -0.39 is 39.9 Å². The zero-order valence-corrected chi connectivity index (χ0v) is 23.7. The number of para-hydroxylation sites is 1. The zero-order chi connectivity index (χ0) is 30.4. The van der Waals surface area contributed by atoms with E-state index >= 15 is 0 Å². The topological polar surface area (TPSA) is 113 Å². The van der Waals surface area contributed by atoms with Crippen molar-refractivity contribution in [3.05, 3.63) is 65.7 Å². The molecule has 0 radical (unpaired) electrons. The molecule has 9 nitrogen and oxygen atoms in total. The van der Waals surface area contributed by atoms with Crippen LogP contribution in [-0.2, 0) is 26.2 Å². The predicted octanol–water partition coefficient (Wildman–Crippen LogP) is 4.93. The molecule has 224 valence electrons. The molecule has 2 aromatic carbocycles. The van der Waals surface area contributed by atoms with Gasteiger partial charge in [0.1, 0.15) is 11.5 Å². The third-order valence-electron chi connectivity index (χ3n) is 6.91. The highest BCUT2D eigenvalue weighted by molar-refractivity contribution is 7.93. The molecule has 1 aliphatic rings. The highest BCUT2D eigenvalue weighted by atomic mass is 32.2. The average Bonchev–Trinajstić information content (AvgIpc) is 3.29. The van der Waals surface area contributed by atoms with Crippen LogP contribution in [0, 0.1) is 5.92 Å². The monoisotopic (exact) mass is 598 g/mol. The average molecular weight is 599 g/mol. The number of methoxy groups -OCH3 is 2. The molecule has 0 saturated carbocycles. The summed E-state index contributed by atoms with van der Waals surface area (Å²) < 4.78 is 75.9. The number of halogens is 3. The first kappa shape index (κ1) is 31.8. The number of nitrogens with zero attached hydrogens (tertiary/aromatic N) is 2. The Balaban J connectivity index is 1.90. The predicted molar refractivity (Wildman–Crippen MR) is 146 cm³/mol. The van der Waals surface area contributed by atoms with Crippen molar-refractivity contribution in [1.29, 1.82) is 0 Å². The fourth-order valence-corrected chi connectivity index (χ4v) is 5.96. The molecule has 0 saturated heterocycles. The SMILES string of the molecule is C/C=C\[C@H](CC(=O)O)CC(=O)N(CCC1CN(S(=O)(=O)C(F)(F)F)c2ccccc21)Cc1ccc(OC)cc1OC. The number of carbonyl (C=O) groups excluding carboxylic acids is 1. The number of sulfonamides is 1. The molecular weight excluding hydrogens is 565 g/mol. The molecule has 1 aliphatic heterocycles. The van der Waals surface area contributed by atoms with Gasteiger partial charge >= 0.3 is 21.5 Å². The van der Waals surface area contributed by atoms with Gasteiger partial charge in [0.05, 0.1) is 26.3 Å². The number of ether oxygens (including phenoxy) is 2. The molecule has 0 bridgehead atoms. The maximum Gasteiger partial charge on any atom is 0.516 e. The third-order valence-corrected chi connectivity index (χ3v) is 8.42. The van der Waals surface area contributed by atoms with E-state index in [1.807, 2.05) is 0 Å². The van der Waals surface area contributed by atoms with Crippen LogP contribution in [0.25, 0.3) is 0 Å². The molecule has 2 atom stereocenters. The Morgan fingerprint density at radius 2 is 1.85 bits per heavy atom. The second-order valence-electron chi connectivity index (χ2n) is 9.61. The normalized spacial score (nSPS) is 16.0. The fraction of sp³-hybridized carbons (Fsp3) is 0.429. The second kappa shape index (κ2) is 13.3. The van der Waals surface area contributed by atoms with Gasteiger partial charge in [-0.1, -0.05) is 30.4 Å². The van der Waals surface area contributed by atoms with Crippen LogP contribution in [0.5, 0.6) is 11.5 Å². The van der Waals surface area contributed by atoms with Gasteiger partial charge in [0, 0.05) is 43.6 Å². The number of aliphatic carboxylic acids is 1. The van der Waals surface area contributed by atoms with Gasteiger partial charge < -0.3 is 19.5 Å². The van der Waals surface area contributed by atoms with Crippen LogP contribution in [0.3, 0.4) is 0 Å². The molecule has 0 spiro atoms. The van der Waals surface area contributed by atoms with Crippen LogP contribution >= 0.6 is 0 Å². The lowest BCUT2D eigenvalue weighted by molar-refractivity contribution is -0.138. The molecule has 1 unspecified atom stereocenters. The minimum absolute atomic E-state index is 0.0425. The van der Waals surface area contributed by atoms with Crippen molar-refractivity contribution in [2.75, 3.05) is 31.6 Å². The summed E-state index contributed by atoms with van der Waals surface area (Å²) >= 11 is 0. The Kier molecular flexibility index (Phi) is 10.3. The lowest BCUT2D eigenvalue weighted by Gasteiger charge is -2.27. The summed E-state index contributed by atoms with van der Waals surface area (Å²) in [6.45, 7) is 1.44. The molecule has 1 N–H and O–H groups in total. The van der Waals surface area contributed by atoms with Crippen LogP contribution in [0.15, 0.2) is 54.6 Å². The van der Waals surface area contributed by atoms with Crippen LogP contribution in [0.1, 0.15) is 43.2 Å². The van der Waals surface area contributed by atoms with Gasteiger partial charge in [-0.25, -0.2) is 0 Å². The molecule has 3 rings (SSSR count). The number of anilines is 1. The van der Waals surface area contributed by atoms with Gasteiger partial charge in [0.25, 0.3) is 0 Å². The molecular formula is C28H33F3N2O7S. The Bertz CT molecular complexity index is 1380. The van der Waals surface area contributed by atoms with Crippen molar-refractivity contribution in [1.82, 2.24) is 4.90 Å². The van der Waals surface area contributed by atoms with Crippen molar-refractivity contribution in [2.24, 2.45) is 5.92 Å². The van der Waals surface area contributed by atoms with E-state index in [0.717, 1.165) is 0 Å². The molecule has 13 heteroatoms. The highest BCUT2D eigenvalue weighted by Crippen LogP contribution is 2.43. The van der Waals surface area contributed by atoms with E-state index in [1.54, 1.807) is 49.4 Å². The number of rotatable bonds is 13. The first-order valence-electron chi connectivity index (χ1n) is 12.8. The van der Waals surface area contributed by atoms with Gasteiger partial charge in [-0.15, -0.1) is 0 Å². The first-order valence-corrected chi connectivity index (χ1v) is 14.3. The van der Waals surface area contributed by atoms with E-state index in [4.69, 9.17) is 9.47 Å². The summed E-state index contributed by atoms with van der Waals surface area (Å²) in [6, 6.07) is 11.1. The van der Waals surface area contributed by atoms with Gasteiger partial charge in [-0.05, 0) is 43.0 Å². The van der Waals surface area contributed by atoms with Gasteiger partial charge in [0.15, 0.2) is 0 Å². The largest absolute Gasteiger partial charge is 0.516 e. The van der Waals surface area contributed by atoms with Crippen molar-refractivity contribution in [3.63, 3.8) is 0 Å². The maximum atomic E-state index is 13.5. The van der Waals surface area contributed by atoms with Crippen LogP contribution in [-0.4, -0.2) is 63.1 Å². The lowest BCUT2D eigenvalue weighted by atomic mass is 9.96. The van der Waals surface area contributed by atoms with Crippen molar-refractivity contribution in [3.8, 4) is 11.5 Å². The summed E-state index contributed by atoms with van der Waals surface area (Å²) in [7, 11) is -2.66. The number of hydrogen-bond donors (Lipinski definition) is 1. The number of alkyl halides is 3. The molecule has 1 heterocycles. The number of carboxylic acids is 1. The number of allylic oxidation sites excluding steroid dienone is 2. The third kappa shape index (κ3) is 7.51. The Labute approximate surface area is 237 Å². The zero-order valence-electron chi connectivity index (χ0n) is 22.9. The van der Waals surface area contributed by atoms with E-state index in [0.29, 0.717) is 26.9 Å². The summed E-state index contributed by atoms with van der Waals surface area (Å²) in [5, 5.41) is 9.28. The summed E-state index contributed by atoms with van der Waals surface area (Å²) in [5.41, 5.74) is -4.43. The molecule has 0 fully saturated rings. The van der Waals surface area contributed by atoms with E-state index in [9.17, 15) is 36.3 Å². The second-order valence-corrected chi connectivity index (χ2v) is 11.5. The van der Waals surface area contributed by atoms with Crippen molar-refractivity contribution < 1.29 is 45.8 Å². The Morgan fingerprint density at radius 1 is 1.15 bits per heavy atom. The number of amides is 1. The smallest absolute Gasteiger partial charge is 0.497 e. The highest BCUT2D eigenvalue weighted by Gasteiger charge is 2.52. The quantitative estimate of drug-likeness (QED) is 0.325. The van der Waals surface area contributed by atoms with Crippen LogP contribution in [0.4, 0.5) is 18.9 Å². The van der Waals surface area contributed by atoms with E-state index in [2.05, 4.69) is 0 Å². The molecule has 41 heavy (non-hydrogen) atoms. The maximum absolute atomic E-state index is 13.5. The Hall–Kier alpha value is -3.74. The molecule has 0 aliphatic carbocycles. The number of carboxylic acid groups (broad SMARTS) is 1. The van der Waals surface area contributed by atoms with Gasteiger partial charge in [-0.2, -0.15) is 21.6 Å². The number of benzene rings is 2. The van der Waals surface area contributed by atoms with Gasteiger partial charge in [0.2, 0.25) is 5.91 Å². The molecule has 2 aromatic rings. The number of hydrogen-bond acceptors (Lipinski definition) is 6. The number of fused-ring (bicyclic) bond motifs is 1. The van der Waals surface area contributed by atoms with E-state index in [1.165, 1.54) is 31.3 Å². The van der Waals surface area contributed by atoms with Crippen LogP contribution < -0.4 is 13.8 Å². The molecule has 1 amide bonds.